The lowest BCUT2D eigenvalue weighted by atomic mass is 10.0. The molecule has 1 saturated carbocycles. The van der Waals surface area contributed by atoms with Crippen molar-refractivity contribution in [2.45, 2.75) is 32.1 Å². The van der Waals surface area contributed by atoms with Gasteiger partial charge in [0.1, 0.15) is 10.8 Å². The average molecular weight is 573 g/mol. The van der Waals surface area contributed by atoms with E-state index in [1.54, 1.807) is 54.4 Å². The summed E-state index contributed by atoms with van der Waals surface area (Å²) in [7, 11) is 3.14. The summed E-state index contributed by atoms with van der Waals surface area (Å²) in [6.07, 6.45) is 2.50. The van der Waals surface area contributed by atoms with Gasteiger partial charge in [0.05, 0.1) is 32.7 Å². The average Bonchev–Trinajstić information content (AvgIpc) is 3.57. The molecule has 40 heavy (non-hydrogen) atoms. The van der Waals surface area contributed by atoms with Gasteiger partial charge >= 0.3 is 0 Å². The third-order valence-corrected chi connectivity index (χ3v) is 8.74. The summed E-state index contributed by atoms with van der Waals surface area (Å²) in [5.41, 5.74) is 7.05. The molecule has 5 aromatic rings. The van der Waals surface area contributed by atoms with Crippen LogP contribution >= 0.6 is 22.9 Å². The second-order valence-corrected chi connectivity index (χ2v) is 11.7. The Morgan fingerprint density at radius 1 is 1.07 bits per heavy atom. The molecule has 1 fully saturated rings. The first kappa shape index (κ1) is 26.3. The number of carbonyl (C=O) groups excluding carboxylic acids is 1. The fourth-order valence-electron chi connectivity index (χ4n) is 5.43. The van der Waals surface area contributed by atoms with Crippen molar-refractivity contribution in [2.24, 2.45) is 0 Å². The van der Waals surface area contributed by atoms with Gasteiger partial charge in [-0.2, -0.15) is 0 Å². The van der Waals surface area contributed by atoms with Crippen LogP contribution in [0.2, 0.25) is 5.02 Å². The van der Waals surface area contributed by atoms with Gasteiger partial charge in [-0.1, -0.05) is 29.8 Å². The van der Waals surface area contributed by atoms with Crippen molar-refractivity contribution in [3.8, 4) is 16.9 Å². The molecule has 9 heteroatoms. The monoisotopic (exact) mass is 572 g/mol. The number of fused-ring (bicyclic) bond motifs is 1. The molecule has 0 N–H and O–H groups in total. The number of halogens is 2. The zero-order valence-electron chi connectivity index (χ0n) is 22.4. The zero-order chi connectivity index (χ0) is 28.3. The van der Waals surface area contributed by atoms with E-state index in [1.807, 2.05) is 25.4 Å². The van der Waals surface area contributed by atoms with Crippen molar-refractivity contribution in [3.63, 3.8) is 0 Å². The van der Waals surface area contributed by atoms with Crippen molar-refractivity contribution in [2.75, 3.05) is 14.1 Å². The van der Waals surface area contributed by atoms with E-state index < -0.39 is 11.7 Å². The standard InChI is InChI=1S/C31H26ClFN4O2S/c1-16-14-34-24(19-8-5-9-20(28(19)33)30(38)36(3)4)13-25(16)37-17(2)11-23(27(32)31(37)39)22-12-21(22)18-7-6-10-26-29(18)35-15-40-26/h5-11,13-15,21-22H,12H2,1-4H3/t21?,22-/m1/s1. The second-order valence-electron chi connectivity index (χ2n) is 10.4. The number of hydrogen-bond acceptors (Lipinski definition) is 5. The van der Waals surface area contributed by atoms with E-state index in [4.69, 9.17) is 11.6 Å². The van der Waals surface area contributed by atoms with Crippen molar-refractivity contribution in [3.05, 3.63) is 109 Å². The molecule has 0 saturated heterocycles. The number of benzene rings is 2. The number of hydrogen-bond donors (Lipinski definition) is 0. The van der Waals surface area contributed by atoms with Crippen LogP contribution in [0.5, 0.6) is 0 Å². The van der Waals surface area contributed by atoms with Crippen molar-refractivity contribution in [1.29, 1.82) is 0 Å². The van der Waals surface area contributed by atoms with Gasteiger partial charge < -0.3 is 4.90 Å². The van der Waals surface area contributed by atoms with Crippen molar-refractivity contribution in [1.82, 2.24) is 19.4 Å². The smallest absolute Gasteiger partial charge is 0.274 e. The van der Waals surface area contributed by atoms with Crippen LogP contribution in [-0.2, 0) is 0 Å². The third-order valence-electron chi connectivity index (χ3n) is 7.57. The Labute approximate surface area is 239 Å². The fraction of sp³-hybridized carbons (Fsp3) is 0.226. The van der Waals surface area contributed by atoms with Crippen molar-refractivity contribution >= 4 is 39.1 Å². The molecule has 2 atom stereocenters. The summed E-state index contributed by atoms with van der Waals surface area (Å²) in [5.74, 6) is -0.699. The topological polar surface area (TPSA) is 68.1 Å². The van der Waals surface area contributed by atoms with Crippen LogP contribution in [0.3, 0.4) is 0 Å². The largest absolute Gasteiger partial charge is 0.345 e. The molecule has 0 spiro atoms. The molecule has 1 aliphatic carbocycles. The first-order valence-corrected chi connectivity index (χ1v) is 14.1. The zero-order valence-corrected chi connectivity index (χ0v) is 24.0. The molecular weight excluding hydrogens is 547 g/mol. The second kappa shape index (κ2) is 9.94. The molecule has 0 radical (unpaired) electrons. The summed E-state index contributed by atoms with van der Waals surface area (Å²) in [6.45, 7) is 3.71. The van der Waals surface area contributed by atoms with Crippen molar-refractivity contribution < 1.29 is 9.18 Å². The van der Waals surface area contributed by atoms with E-state index in [1.165, 1.54) is 16.5 Å². The van der Waals surface area contributed by atoms with E-state index >= 15 is 4.39 Å². The van der Waals surface area contributed by atoms with Gasteiger partial charge in [-0.3, -0.25) is 19.1 Å². The molecule has 3 heterocycles. The number of aromatic nitrogens is 3. The number of rotatable bonds is 5. The van der Waals surface area contributed by atoms with E-state index in [9.17, 15) is 9.59 Å². The molecule has 2 aromatic carbocycles. The highest BCUT2D eigenvalue weighted by atomic mass is 35.5. The van der Waals surface area contributed by atoms with Crippen LogP contribution in [0.1, 0.15) is 51.0 Å². The van der Waals surface area contributed by atoms with Gasteiger partial charge in [0.25, 0.3) is 11.5 Å². The van der Waals surface area contributed by atoms with Crippen LogP contribution in [-0.4, -0.2) is 39.4 Å². The Morgan fingerprint density at radius 2 is 1.82 bits per heavy atom. The summed E-state index contributed by atoms with van der Waals surface area (Å²) >= 11 is 8.38. The minimum Gasteiger partial charge on any atom is -0.345 e. The Bertz CT molecular complexity index is 1880. The maximum Gasteiger partial charge on any atom is 0.274 e. The van der Waals surface area contributed by atoms with Crippen LogP contribution < -0.4 is 5.56 Å². The Morgan fingerprint density at radius 3 is 2.60 bits per heavy atom. The number of carbonyl (C=O) groups is 1. The lowest BCUT2D eigenvalue weighted by Crippen LogP contribution is -2.23. The van der Waals surface area contributed by atoms with E-state index in [0.717, 1.165) is 33.5 Å². The normalized spacial score (nSPS) is 16.4. The maximum absolute atomic E-state index is 15.4. The maximum atomic E-state index is 15.4. The fourth-order valence-corrected chi connectivity index (χ4v) is 6.42. The minimum absolute atomic E-state index is 0.0421. The van der Waals surface area contributed by atoms with E-state index in [2.05, 4.69) is 28.2 Å². The number of para-hydroxylation sites is 1. The van der Waals surface area contributed by atoms with Gasteiger partial charge in [-0.05, 0) is 79.1 Å². The van der Waals surface area contributed by atoms with Crippen LogP contribution in [0.4, 0.5) is 4.39 Å². The molecular formula is C31H26ClFN4O2S. The quantitative estimate of drug-likeness (QED) is 0.230. The predicted octanol–water partition coefficient (Wildman–Crippen LogP) is 6.89. The number of amides is 1. The van der Waals surface area contributed by atoms with Gasteiger partial charge in [0.2, 0.25) is 0 Å². The molecule has 3 aromatic heterocycles. The molecule has 1 unspecified atom stereocenters. The molecule has 1 aliphatic rings. The first-order valence-electron chi connectivity index (χ1n) is 12.9. The molecule has 0 bridgehead atoms. The molecule has 0 aliphatic heterocycles. The summed E-state index contributed by atoms with van der Waals surface area (Å²) in [4.78, 5) is 36.5. The van der Waals surface area contributed by atoms with Gasteiger partial charge in [0, 0.05) is 31.5 Å². The van der Waals surface area contributed by atoms with Crippen LogP contribution in [0.25, 0.3) is 27.2 Å². The highest BCUT2D eigenvalue weighted by Crippen LogP contribution is 2.57. The number of pyridine rings is 2. The summed E-state index contributed by atoms with van der Waals surface area (Å²) < 4.78 is 18.2. The number of nitrogens with zero attached hydrogens (tertiary/aromatic N) is 4. The van der Waals surface area contributed by atoms with Gasteiger partial charge in [-0.15, -0.1) is 11.3 Å². The SMILES string of the molecule is Cc1cnc(-c2cccc(C(=O)N(C)C)c2F)cc1-n1c(C)cc([C@@H]2CC2c2cccc3scnc23)c(Cl)c1=O. The van der Waals surface area contributed by atoms with Crippen LogP contribution in [0.15, 0.2) is 65.0 Å². The summed E-state index contributed by atoms with van der Waals surface area (Å²) in [6, 6.07) is 14.5. The molecule has 6 nitrogen and oxygen atoms in total. The minimum atomic E-state index is -0.657. The molecule has 1 amide bonds. The highest BCUT2D eigenvalue weighted by Gasteiger charge is 2.42. The summed E-state index contributed by atoms with van der Waals surface area (Å²) in [5, 5.41) is 0.186. The van der Waals surface area contributed by atoms with Gasteiger partial charge in [-0.25, -0.2) is 9.37 Å². The lowest BCUT2D eigenvalue weighted by Gasteiger charge is -2.17. The number of thiazole rings is 1. The number of aryl methyl sites for hydroxylation is 2. The molecule has 202 valence electrons. The Balaban J connectivity index is 1.40. The predicted molar refractivity (Wildman–Crippen MR) is 157 cm³/mol. The highest BCUT2D eigenvalue weighted by molar-refractivity contribution is 7.16. The van der Waals surface area contributed by atoms with E-state index in [0.29, 0.717) is 11.4 Å². The Kier molecular flexibility index (Phi) is 6.55. The molecule has 6 rings (SSSR count). The van der Waals surface area contributed by atoms with E-state index in [-0.39, 0.29) is 33.5 Å². The first-order chi connectivity index (χ1) is 19.2. The third kappa shape index (κ3) is 4.32. The lowest BCUT2D eigenvalue weighted by molar-refractivity contribution is 0.0823. The van der Waals surface area contributed by atoms with Gasteiger partial charge in [0.15, 0.2) is 0 Å². The van der Waals surface area contributed by atoms with Crippen LogP contribution in [0, 0.1) is 19.7 Å². The Hall–Kier alpha value is -3.88.